The zero-order valence-electron chi connectivity index (χ0n) is 38.9. The first-order chi connectivity index (χ1) is 30.1. The molecule has 12 atom stereocenters. The lowest BCUT2D eigenvalue weighted by Crippen LogP contribution is -2.65. The maximum absolute atomic E-state index is 13.2. The Morgan fingerprint density at radius 1 is 0.516 bits per heavy atom. The molecule has 2 heterocycles. The number of rotatable bonds is 39. The van der Waals surface area contributed by atoms with Crippen molar-refractivity contribution in [1.29, 1.82) is 0 Å². The van der Waals surface area contributed by atoms with Gasteiger partial charge in [0.15, 0.2) is 12.6 Å². The Morgan fingerprint density at radius 2 is 0.919 bits per heavy atom. The van der Waals surface area contributed by atoms with E-state index in [4.69, 9.17) is 18.9 Å². The molecule has 9 N–H and O–H groups in total. The molecular formula is C48H93NO13. The highest BCUT2D eigenvalue weighted by Gasteiger charge is 2.51. The van der Waals surface area contributed by atoms with Gasteiger partial charge in [-0.2, -0.15) is 0 Å². The van der Waals surface area contributed by atoms with Gasteiger partial charge < -0.3 is 65.1 Å². The molecule has 2 aliphatic rings. The van der Waals surface area contributed by atoms with Crippen molar-refractivity contribution in [2.75, 3.05) is 19.8 Å². The first kappa shape index (κ1) is 57.1. The van der Waals surface area contributed by atoms with Crippen LogP contribution in [0, 0.1) is 0 Å². The van der Waals surface area contributed by atoms with E-state index in [2.05, 4.69) is 19.2 Å². The number of nitrogens with one attached hydrogen (secondary N) is 1. The van der Waals surface area contributed by atoms with Gasteiger partial charge in [0.2, 0.25) is 5.91 Å². The first-order valence-corrected chi connectivity index (χ1v) is 25.3. The number of hydrogen-bond acceptors (Lipinski definition) is 13. The molecular weight excluding hydrogens is 799 g/mol. The Morgan fingerprint density at radius 3 is 1.37 bits per heavy atom. The van der Waals surface area contributed by atoms with Crippen LogP contribution in [0.15, 0.2) is 0 Å². The van der Waals surface area contributed by atoms with Crippen LogP contribution >= 0.6 is 0 Å². The number of aliphatic hydroxyl groups excluding tert-OH is 8. The molecule has 0 saturated carbocycles. The summed E-state index contributed by atoms with van der Waals surface area (Å²) in [4.78, 5) is 13.2. The van der Waals surface area contributed by atoms with Crippen LogP contribution in [0.3, 0.4) is 0 Å². The normalized spacial score (nSPS) is 27.6. The summed E-state index contributed by atoms with van der Waals surface area (Å²) >= 11 is 0. The molecule has 14 nitrogen and oxygen atoms in total. The van der Waals surface area contributed by atoms with Crippen LogP contribution in [-0.2, 0) is 23.7 Å². The lowest BCUT2D eigenvalue weighted by molar-refractivity contribution is -0.359. The maximum atomic E-state index is 13.2. The Kier molecular flexibility index (Phi) is 33.3. The van der Waals surface area contributed by atoms with E-state index in [0.29, 0.717) is 12.8 Å². The lowest BCUT2D eigenvalue weighted by atomic mass is 9.97. The average molecular weight is 892 g/mol. The van der Waals surface area contributed by atoms with E-state index < -0.39 is 86.8 Å². The summed E-state index contributed by atoms with van der Waals surface area (Å²) < 4.78 is 22.7. The van der Waals surface area contributed by atoms with E-state index in [1.54, 1.807) is 0 Å². The van der Waals surface area contributed by atoms with E-state index in [1.165, 1.54) is 128 Å². The molecule has 0 spiro atoms. The minimum absolute atomic E-state index is 0.205. The largest absolute Gasteiger partial charge is 0.394 e. The van der Waals surface area contributed by atoms with Crippen molar-refractivity contribution in [3.8, 4) is 0 Å². The van der Waals surface area contributed by atoms with Crippen LogP contribution < -0.4 is 5.32 Å². The van der Waals surface area contributed by atoms with Crippen LogP contribution in [-0.4, -0.2) is 140 Å². The molecule has 62 heavy (non-hydrogen) atoms. The predicted molar refractivity (Wildman–Crippen MR) is 240 cm³/mol. The molecule has 2 fully saturated rings. The van der Waals surface area contributed by atoms with Gasteiger partial charge in [0.1, 0.15) is 48.8 Å². The third-order valence-corrected chi connectivity index (χ3v) is 12.8. The van der Waals surface area contributed by atoms with Gasteiger partial charge in [-0.3, -0.25) is 4.79 Å². The van der Waals surface area contributed by atoms with E-state index in [0.717, 1.165) is 51.4 Å². The van der Waals surface area contributed by atoms with Gasteiger partial charge in [0, 0.05) is 6.42 Å². The Labute approximate surface area is 374 Å². The summed E-state index contributed by atoms with van der Waals surface area (Å²) in [5.41, 5.74) is 0. The molecule has 0 aromatic carbocycles. The van der Waals surface area contributed by atoms with Gasteiger partial charge in [-0.1, -0.05) is 187 Å². The highest BCUT2D eigenvalue weighted by molar-refractivity contribution is 5.76. The quantitative estimate of drug-likeness (QED) is 0.0313. The van der Waals surface area contributed by atoms with Crippen molar-refractivity contribution >= 4 is 5.91 Å². The van der Waals surface area contributed by atoms with Crippen LogP contribution in [0.4, 0.5) is 0 Å². The van der Waals surface area contributed by atoms with Crippen LogP contribution in [0.2, 0.25) is 0 Å². The number of hydrogen-bond donors (Lipinski definition) is 9. The molecule has 0 bridgehead atoms. The summed E-state index contributed by atoms with van der Waals surface area (Å²) in [5, 5.41) is 86.8. The van der Waals surface area contributed by atoms with E-state index >= 15 is 0 Å². The highest BCUT2D eigenvalue weighted by atomic mass is 16.7. The van der Waals surface area contributed by atoms with Gasteiger partial charge in [-0.25, -0.2) is 0 Å². The molecule has 12 unspecified atom stereocenters. The Balaban J connectivity index is 1.84. The number of carbonyl (C=O) groups excluding carboxylic acids is 1. The molecule has 1 amide bonds. The number of ether oxygens (including phenoxy) is 4. The summed E-state index contributed by atoms with van der Waals surface area (Å²) in [6.07, 6.45) is 18.1. The highest BCUT2D eigenvalue weighted by Crippen LogP contribution is 2.30. The molecule has 0 aliphatic carbocycles. The molecule has 0 radical (unpaired) electrons. The number of unbranched alkanes of at least 4 members (excludes halogenated alkanes) is 26. The lowest BCUT2D eigenvalue weighted by Gasteiger charge is -2.46. The van der Waals surface area contributed by atoms with Gasteiger partial charge in [0.25, 0.3) is 0 Å². The zero-order valence-corrected chi connectivity index (χ0v) is 38.9. The molecule has 2 rings (SSSR count). The maximum Gasteiger partial charge on any atom is 0.220 e. The monoisotopic (exact) mass is 892 g/mol. The molecule has 0 aromatic rings. The van der Waals surface area contributed by atoms with Crippen molar-refractivity contribution in [2.24, 2.45) is 0 Å². The van der Waals surface area contributed by atoms with Crippen LogP contribution in [0.5, 0.6) is 0 Å². The summed E-state index contributed by atoms with van der Waals surface area (Å²) in [5.74, 6) is -0.205. The fourth-order valence-electron chi connectivity index (χ4n) is 8.65. The minimum Gasteiger partial charge on any atom is -0.394 e. The van der Waals surface area contributed by atoms with Crippen molar-refractivity contribution < 1.29 is 64.6 Å². The van der Waals surface area contributed by atoms with Crippen LogP contribution in [0.25, 0.3) is 0 Å². The fourth-order valence-corrected chi connectivity index (χ4v) is 8.65. The molecule has 0 aromatic heterocycles. The standard InChI is InChI=1S/C48H93NO13/c1-3-5-7-9-11-13-15-17-18-20-22-24-26-28-30-32-40(53)49-36(37(52)31-29-27-25-23-21-19-16-14-12-10-8-6-4-2)35-59-47-45(58)43(56)46(39(34-51)61-47)62-48-44(57)42(55)41(54)38(33-50)60-48/h36-39,41-48,50-52,54-58H,3-35H2,1-2H3,(H,49,53). The van der Waals surface area contributed by atoms with Crippen molar-refractivity contribution in [3.63, 3.8) is 0 Å². The van der Waals surface area contributed by atoms with Gasteiger partial charge in [-0.15, -0.1) is 0 Å². The smallest absolute Gasteiger partial charge is 0.220 e. The minimum atomic E-state index is -1.78. The third kappa shape index (κ3) is 23.4. The molecule has 14 heteroatoms. The second-order valence-corrected chi connectivity index (χ2v) is 18.3. The molecule has 2 aliphatic heterocycles. The SMILES string of the molecule is CCCCCCCCCCCCCCCCCC(=O)NC(COC1OC(CO)C(OC2OC(CO)C(O)C(O)C2O)C(O)C1O)C(O)CCCCCCCCCCCCCCC. The van der Waals surface area contributed by atoms with Gasteiger partial charge >= 0.3 is 0 Å². The number of aliphatic hydroxyl groups is 8. The number of amides is 1. The van der Waals surface area contributed by atoms with Crippen LogP contribution in [0.1, 0.15) is 206 Å². The van der Waals surface area contributed by atoms with E-state index in [1.807, 2.05) is 0 Å². The molecule has 2 saturated heterocycles. The zero-order chi connectivity index (χ0) is 45.4. The van der Waals surface area contributed by atoms with Crippen molar-refractivity contribution in [3.05, 3.63) is 0 Å². The van der Waals surface area contributed by atoms with Crippen molar-refractivity contribution in [1.82, 2.24) is 5.32 Å². The summed E-state index contributed by atoms with van der Waals surface area (Å²) in [7, 11) is 0. The topological polar surface area (TPSA) is 228 Å². The average Bonchev–Trinajstić information content (AvgIpc) is 3.27. The van der Waals surface area contributed by atoms with Crippen molar-refractivity contribution in [2.45, 2.75) is 280 Å². The Bertz CT molecular complexity index is 1060. The fraction of sp³-hybridized carbons (Fsp3) is 0.979. The predicted octanol–water partition coefficient (Wildman–Crippen LogP) is 6.22. The Hall–Kier alpha value is -1.01. The summed E-state index contributed by atoms with van der Waals surface area (Å²) in [6.45, 7) is 2.85. The second kappa shape index (κ2) is 36.2. The third-order valence-electron chi connectivity index (χ3n) is 12.8. The number of carbonyl (C=O) groups is 1. The van der Waals surface area contributed by atoms with Gasteiger partial charge in [-0.05, 0) is 12.8 Å². The van der Waals surface area contributed by atoms with E-state index in [-0.39, 0.29) is 12.5 Å². The second-order valence-electron chi connectivity index (χ2n) is 18.3. The van der Waals surface area contributed by atoms with Gasteiger partial charge in [0.05, 0.1) is 32.0 Å². The van der Waals surface area contributed by atoms with E-state index in [9.17, 15) is 45.6 Å². The first-order valence-electron chi connectivity index (χ1n) is 25.3. The molecule has 368 valence electrons. The summed E-state index contributed by atoms with van der Waals surface area (Å²) in [6, 6.07) is -0.820.